The molecule has 0 radical (unpaired) electrons. The van der Waals surface area contributed by atoms with Crippen LogP contribution in [0.3, 0.4) is 0 Å². The Morgan fingerprint density at radius 2 is 2.16 bits per heavy atom. The Balaban J connectivity index is 1.23. The fraction of sp³-hybridized carbons (Fsp3) is 0.579. The summed E-state index contributed by atoms with van der Waals surface area (Å²) in [6.07, 6.45) is 5.56. The van der Waals surface area contributed by atoms with Gasteiger partial charge >= 0.3 is 0 Å². The zero-order valence-corrected chi connectivity index (χ0v) is 15.1. The summed E-state index contributed by atoms with van der Waals surface area (Å²) >= 11 is 1.44. The molecule has 134 valence electrons. The smallest absolute Gasteiger partial charge is 0.130 e. The Bertz CT molecular complexity index is 688. The van der Waals surface area contributed by atoms with Crippen molar-refractivity contribution in [3.8, 4) is 5.75 Å². The van der Waals surface area contributed by atoms with Crippen molar-refractivity contribution in [3.63, 3.8) is 0 Å². The molecule has 1 N–H and O–H groups in total. The summed E-state index contributed by atoms with van der Waals surface area (Å²) < 4.78 is 20.0. The maximum Gasteiger partial charge on any atom is 0.130 e. The zero-order valence-electron chi connectivity index (χ0n) is 14.3. The van der Waals surface area contributed by atoms with Gasteiger partial charge in [-0.2, -0.15) is 0 Å². The summed E-state index contributed by atoms with van der Waals surface area (Å²) in [7, 11) is 0. The lowest BCUT2D eigenvalue weighted by molar-refractivity contribution is 0.279. The summed E-state index contributed by atoms with van der Waals surface area (Å²) in [6, 6.07) is 5.14. The van der Waals surface area contributed by atoms with Gasteiger partial charge in [0.25, 0.3) is 0 Å². The molecule has 2 aromatic rings. The number of nitrogens with zero attached hydrogens (tertiary/aromatic N) is 2. The Labute approximate surface area is 151 Å². The average Bonchev–Trinajstić information content (AvgIpc) is 3.22. The number of benzene rings is 1. The largest absolute Gasteiger partial charge is 0.493 e. The summed E-state index contributed by atoms with van der Waals surface area (Å²) in [4.78, 5) is 0. The fourth-order valence-corrected chi connectivity index (χ4v) is 4.53. The molecule has 25 heavy (non-hydrogen) atoms. The van der Waals surface area contributed by atoms with E-state index in [1.165, 1.54) is 49.8 Å². The van der Waals surface area contributed by atoms with Gasteiger partial charge in [0.2, 0.25) is 0 Å². The molecule has 0 amide bonds. The Morgan fingerprint density at radius 1 is 1.28 bits per heavy atom. The number of halogens is 1. The van der Waals surface area contributed by atoms with Crippen LogP contribution in [-0.2, 0) is 6.42 Å². The first-order valence-electron chi connectivity index (χ1n) is 9.16. The molecule has 1 aliphatic carbocycles. The topological polar surface area (TPSA) is 47.0 Å². The minimum absolute atomic E-state index is 0.230. The van der Waals surface area contributed by atoms with Gasteiger partial charge in [-0.15, -0.1) is 21.5 Å². The van der Waals surface area contributed by atoms with Crippen LogP contribution in [0.5, 0.6) is 5.75 Å². The van der Waals surface area contributed by atoms with E-state index in [2.05, 4.69) is 15.5 Å². The summed E-state index contributed by atoms with van der Waals surface area (Å²) in [6.45, 7) is 3.03. The van der Waals surface area contributed by atoms with Crippen LogP contribution in [0.4, 0.5) is 4.39 Å². The van der Waals surface area contributed by atoms with Crippen LogP contribution in [0.1, 0.15) is 36.3 Å². The molecule has 2 fully saturated rings. The third-order valence-electron chi connectivity index (χ3n) is 5.50. The number of hydrogen-bond acceptors (Lipinski definition) is 5. The van der Waals surface area contributed by atoms with Gasteiger partial charge < -0.3 is 10.1 Å². The SMILES string of the molecule is Fc1cc(OCCC2CC2C2CCNCC2)ccc1Cc1nncs1. The molecule has 1 aromatic heterocycles. The fourth-order valence-electron chi connectivity index (χ4n) is 3.98. The molecule has 1 saturated carbocycles. The van der Waals surface area contributed by atoms with Crippen LogP contribution in [0.15, 0.2) is 23.7 Å². The monoisotopic (exact) mass is 361 g/mol. The first kappa shape index (κ1) is 16.9. The molecule has 2 heterocycles. The lowest BCUT2D eigenvalue weighted by atomic mass is 9.91. The van der Waals surface area contributed by atoms with Gasteiger partial charge in [-0.1, -0.05) is 6.07 Å². The van der Waals surface area contributed by atoms with Crippen LogP contribution in [-0.4, -0.2) is 29.9 Å². The molecule has 1 aliphatic heterocycles. The standard InChI is InChI=1S/C19H24FN3OS/c20-18-11-16(2-1-15(18)10-19-23-22-12-25-19)24-8-5-14-9-17(14)13-3-6-21-7-4-13/h1-2,11-14,17,21H,3-10H2. The average molecular weight is 361 g/mol. The highest BCUT2D eigenvalue weighted by Crippen LogP contribution is 2.49. The van der Waals surface area contributed by atoms with E-state index in [1.807, 2.05) is 6.07 Å². The van der Waals surface area contributed by atoms with Crippen LogP contribution in [0.2, 0.25) is 0 Å². The van der Waals surface area contributed by atoms with Gasteiger partial charge in [0.05, 0.1) is 6.61 Å². The van der Waals surface area contributed by atoms with Gasteiger partial charge in [0, 0.05) is 12.5 Å². The number of aromatic nitrogens is 2. The van der Waals surface area contributed by atoms with E-state index in [-0.39, 0.29) is 5.82 Å². The first-order chi connectivity index (χ1) is 12.3. The van der Waals surface area contributed by atoms with E-state index in [1.54, 1.807) is 11.6 Å². The van der Waals surface area contributed by atoms with E-state index in [4.69, 9.17) is 4.74 Å². The van der Waals surface area contributed by atoms with Crippen molar-refractivity contribution >= 4 is 11.3 Å². The van der Waals surface area contributed by atoms with Crippen molar-refractivity contribution in [2.75, 3.05) is 19.7 Å². The highest BCUT2D eigenvalue weighted by atomic mass is 32.1. The summed E-state index contributed by atoms with van der Waals surface area (Å²) in [5, 5.41) is 12.0. The number of nitrogens with one attached hydrogen (secondary N) is 1. The van der Waals surface area contributed by atoms with E-state index >= 15 is 0 Å². The van der Waals surface area contributed by atoms with Crippen molar-refractivity contribution in [2.24, 2.45) is 17.8 Å². The second kappa shape index (κ2) is 7.79. The molecular weight excluding hydrogens is 337 g/mol. The maximum absolute atomic E-state index is 14.2. The number of ether oxygens (including phenoxy) is 1. The van der Waals surface area contributed by atoms with Gasteiger partial charge in [-0.25, -0.2) is 4.39 Å². The van der Waals surface area contributed by atoms with Gasteiger partial charge in [0.1, 0.15) is 22.1 Å². The molecule has 0 bridgehead atoms. The van der Waals surface area contributed by atoms with Crippen LogP contribution < -0.4 is 10.1 Å². The summed E-state index contributed by atoms with van der Waals surface area (Å²) in [5.41, 5.74) is 2.30. The molecule has 2 unspecified atom stereocenters. The van der Waals surface area contributed by atoms with Gasteiger partial charge in [-0.3, -0.25) is 0 Å². The van der Waals surface area contributed by atoms with E-state index in [0.717, 1.165) is 29.2 Å². The Hall–Kier alpha value is -1.53. The number of piperidine rings is 1. The van der Waals surface area contributed by atoms with Crippen molar-refractivity contribution in [1.29, 1.82) is 0 Å². The predicted octanol–water partition coefficient (Wildman–Crippen LogP) is 3.67. The predicted molar refractivity (Wildman–Crippen MR) is 96.4 cm³/mol. The zero-order chi connectivity index (χ0) is 17.1. The van der Waals surface area contributed by atoms with E-state index in [9.17, 15) is 4.39 Å². The maximum atomic E-state index is 14.2. The molecule has 1 saturated heterocycles. The van der Waals surface area contributed by atoms with Crippen molar-refractivity contribution in [1.82, 2.24) is 15.5 Å². The minimum atomic E-state index is -0.230. The minimum Gasteiger partial charge on any atom is -0.493 e. The second-order valence-corrected chi connectivity index (χ2v) is 8.06. The Morgan fingerprint density at radius 3 is 2.92 bits per heavy atom. The van der Waals surface area contributed by atoms with E-state index in [0.29, 0.717) is 24.3 Å². The highest BCUT2D eigenvalue weighted by molar-refractivity contribution is 7.09. The first-order valence-corrected chi connectivity index (χ1v) is 10.0. The molecule has 0 spiro atoms. The lowest BCUT2D eigenvalue weighted by Crippen LogP contribution is -2.29. The van der Waals surface area contributed by atoms with Crippen LogP contribution in [0, 0.1) is 23.6 Å². The Kier molecular flexibility index (Phi) is 5.27. The lowest BCUT2D eigenvalue weighted by Gasteiger charge is -2.22. The van der Waals surface area contributed by atoms with Crippen molar-refractivity contribution in [3.05, 3.63) is 40.1 Å². The van der Waals surface area contributed by atoms with Gasteiger partial charge in [-0.05, 0) is 68.2 Å². The molecule has 2 aliphatic rings. The van der Waals surface area contributed by atoms with Crippen molar-refractivity contribution < 1.29 is 9.13 Å². The number of hydrogen-bond donors (Lipinski definition) is 1. The molecular formula is C19H24FN3OS. The van der Waals surface area contributed by atoms with Gasteiger partial charge in [0.15, 0.2) is 0 Å². The quantitative estimate of drug-likeness (QED) is 0.817. The molecule has 2 atom stereocenters. The van der Waals surface area contributed by atoms with Crippen LogP contribution >= 0.6 is 11.3 Å². The number of rotatable bonds is 7. The third-order valence-corrected chi connectivity index (χ3v) is 6.19. The van der Waals surface area contributed by atoms with E-state index < -0.39 is 0 Å². The molecule has 4 nitrogen and oxygen atoms in total. The highest BCUT2D eigenvalue weighted by Gasteiger charge is 2.42. The molecule has 1 aromatic carbocycles. The molecule has 4 rings (SSSR count). The third kappa shape index (κ3) is 4.36. The van der Waals surface area contributed by atoms with Crippen molar-refractivity contribution in [2.45, 2.75) is 32.1 Å². The second-order valence-electron chi connectivity index (χ2n) is 7.15. The van der Waals surface area contributed by atoms with Crippen LogP contribution in [0.25, 0.3) is 0 Å². The normalized spacial score (nSPS) is 23.6. The molecule has 6 heteroatoms. The summed E-state index contributed by atoms with van der Waals surface area (Å²) in [5.74, 6) is 3.01.